The van der Waals surface area contributed by atoms with Crippen LogP contribution in [-0.2, 0) is 15.5 Å². The van der Waals surface area contributed by atoms with Crippen molar-refractivity contribution in [3.05, 3.63) is 35.9 Å². The molecule has 1 aromatic carbocycles. The zero-order chi connectivity index (χ0) is 10.7. The average Bonchev–Trinajstić information content (AvgIpc) is 2.66. The Hall–Kier alpha value is -0.810. The number of esters is 1. The maximum Gasteiger partial charge on any atom is 0.340 e. The van der Waals surface area contributed by atoms with Gasteiger partial charge in [0, 0.05) is 11.5 Å². The molecule has 0 unspecified atom stereocenters. The van der Waals surface area contributed by atoms with Crippen LogP contribution in [0.2, 0.25) is 0 Å². The second kappa shape index (κ2) is 4.81. The van der Waals surface area contributed by atoms with E-state index in [0.29, 0.717) is 11.3 Å². The Morgan fingerprint density at radius 2 is 2.13 bits per heavy atom. The second-order valence-electron chi connectivity index (χ2n) is 3.02. The van der Waals surface area contributed by atoms with E-state index in [-0.39, 0.29) is 0 Å². The van der Waals surface area contributed by atoms with E-state index in [1.54, 1.807) is 24.3 Å². The lowest BCUT2D eigenvalue weighted by atomic mass is 10.2. The number of benzene rings is 1. The molecule has 1 aliphatic heterocycles. The molecule has 2 rings (SSSR count). The number of carbonyl (C=O) groups is 1. The van der Waals surface area contributed by atoms with Crippen LogP contribution in [0.3, 0.4) is 0 Å². The summed E-state index contributed by atoms with van der Waals surface area (Å²) in [4.78, 5) is 11.6. The molecule has 0 N–H and O–H groups in total. The van der Waals surface area contributed by atoms with E-state index in [1.165, 1.54) is 11.8 Å². The summed E-state index contributed by atoms with van der Waals surface area (Å²) in [6.07, 6.45) is 0. The van der Waals surface area contributed by atoms with Crippen molar-refractivity contribution in [1.29, 1.82) is 0 Å². The molecule has 0 bridgehead atoms. The minimum Gasteiger partial charge on any atom is -0.435 e. The number of carbonyl (C=O) groups excluding carboxylic acids is 1. The van der Waals surface area contributed by atoms with E-state index >= 15 is 0 Å². The van der Waals surface area contributed by atoms with Crippen LogP contribution in [0.1, 0.15) is 10.4 Å². The largest absolute Gasteiger partial charge is 0.435 e. The lowest BCUT2D eigenvalue weighted by Crippen LogP contribution is -2.16. The third-order valence-corrected chi connectivity index (χ3v) is 5.22. The van der Waals surface area contributed by atoms with Gasteiger partial charge in [-0.05, 0) is 12.1 Å². The van der Waals surface area contributed by atoms with E-state index in [1.807, 2.05) is 6.07 Å². The SMILES string of the molecule is O=C(O[C@@H]1SCC[S@]1=O)c1ccccc1. The van der Waals surface area contributed by atoms with Gasteiger partial charge in [0.15, 0.2) is 0 Å². The Bertz CT molecular complexity index is 378. The third-order valence-electron chi connectivity index (χ3n) is 1.97. The molecule has 2 atom stereocenters. The molecule has 3 nitrogen and oxygen atoms in total. The van der Waals surface area contributed by atoms with Gasteiger partial charge in [-0.25, -0.2) is 4.79 Å². The van der Waals surface area contributed by atoms with Gasteiger partial charge in [-0.3, -0.25) is 4.21 Å². The summed E-state index contributed by atoms with van der Waals surface area (Å²) in [7, 11) is -1.04. The molecule has 1 fully saturated rings. The van der Waals surface area contributed by atoms with Gasteiger partial charge in [0.2, 0.25) is 4.77 Å². The molecule has 0 saturated carbocycles. The second-order valence-corrected chi connectivity index (χ2v) is 6.08. The summed E-state index contributed by atoms with van der Waals surface area (Å²) < 4.78 is 16.0. The Kier molecular flexibility index (Phi) is 3.43. The molecule has 1 aliphatic rings. The van der Waals surface area contributed by atoms with Gasteiger partial charge in [0.25, 0.3) is 0 Å². The van der Waals surface area contributed by atoms with Gasteiger partial charge in [-0.1, -0.05) is 18.2 Å². The Balaban J connectivity index is 2.01. The van der Waals surface area contributed by atoms with Crippen molar-refractivity contribution in [2.45, 2.75) is 4.77 Å². The summed E-state index contributed by atoms with van der Waals surface area (Å²) in [6, 6.07) is 8.75. The van der Waals surface area contributed by atoms with Crippen molar-refractivity contribution in [3.63, 3.8) is 0 Å². The number of hydrogen-bond acceptors (Lipinski definition) is 4. The highest BCUT2D eigenvalue weighted by Gasteiger charge is 2.27. The highest BCUT2D eigenvalue weighted by atomic mass is 32.2. The molecule has 0 radical (unpaired) electrons. The van der Waals surface area contributed by atoms with Crippen molar-refractivity contribution in [2.75, 3.05) is 11.5 Å². The van der Waals surface area contributed by atoms with Crippen LogP contribution >= 0.6 is 11.8 Å². The fourth-order valence-corrected chi connectivity index (χ4v) is 4.18. The topological polar surface area (TPSA) is 43.4 Å². The summed E-state index contributed by atoms with van der Waals surface area (Å²) in [5.41, 5.74) is 0.502. The smallest absolute Gasteiger partial charge is 0.340 e. The molecule has 15 heavy (non-hydrogen) atoms. The maximum absolute atomic E-state index is 11.6. The van der Waals surface area contributed by atoms with Gasteiger partial charge in [-0.15, -0.1) is 11.8 Å². The first kappa shape index (κ1) is 10.7. The molecule has 1 saturated heterocycles. The van der Waals surface area contributed by atoms with E-state index in [2.05, 4.69) is 0 Å². The van der Waals surface area contributed by atoms with Gasteiger partial charge in [-0.2, -0.15) is 0 Å². The molecule has 1 heterocycles. The third kappa shape index (κ3) is 2.60. The minimum atomic E-state index is -1.04. The van der Waals surface area contributed by atoms with E-state index < -0.39 is 21.5 Å². The molecule has 0 spiro atoms. The van der Waals surface area contributed by atoms with Gasteiger partial charge >= 0.3 is 5.97 Å². The van der Waals surface area contributed by atoms with Crippen LogP contribution in [0.4, 0.5) is 0 Å². The fraction of sp³-hybridized carbons (Fsp3) is 0.300. The zero-order valence-electron chi connectivity index (χ0n) is 7.92. The van der Waals surface area contributed by atoms with Crippen molar-refractivity contribution in [2.24, 2.45) is 0 Å². The molecular weight excluding hydrogens is 232 g/mol. The predicted octanol–water partition coefficient (Wildman–Crippen LogP) is 1.62. The van der Waals surface area contributed by atoms with Crippen LogP contribution in [0.25, 0.3) is 0 Å². The van der Waals surface area contributed by atoms with Crippen LogP contribution in [0.5, 0.6) is 0 Å². The van der Waals surface area contributed by atoms with Crippen LogP contribution < -0.4 is 0 Å². The number of thioether (sulfide) groups is 1. The molecule has 1 aromatic rings. The van der Waals surface area contributed by atoms with Crippen molar-refractivity contribution < 1.29 is 13.7 Å². The van der Waals surface area contributed by atoms with Crippen LogP contribution in [0, 0.1) is 0 Å². The van der Waals surface area contributed by atoms with Crippen molar-refractivity contribution in [3.8, 4) is 0 Å². The maximum atomic E-state index is 11.6. The van der Waals surface area contributed by atoms with Gasteiger partial charge in [0.05, 0.1) is 16.4 Å². The number of hydrogen-bond donors (Lipinski definition) is 0. The summed E-state index contributed by atoms with van der Waals surface area (Å²) in [5.74, 6) is 1.000. The van der Waals surface area contributed by atoms with Crippen molar-refractivity contribution >= 4 is 28.5 Å². The minimum absolute atomic E-state index is 0.400. The normalized spacial score (nSPS) is 25.1. The lowest BCUT2D eigenvalue weighted by molar-refractivity contribution is 0.0546. The number of ether oxygens (including phenoxy) is 1. The molecular formula is C10H10O3S2. The molecule has 0 aliphatic carbocycles. The first-order valence-corrected chi connectivity index (χ1v) is 6.95. The highest BCUT2D eigenvalue weighted by Crippen LogP contribution is 2.24. The first-order chi connectivity index (χ1) is 7.27. The molecule has 0 aromatic heterocycles. The molecule has 5 heteroatoms. The Labute approximate surface area is 94.7 Å². The Morgan fingerprint density at radius 3 is 2.73 bits per heavy atom. The fourth-order valence-electron chi connectivity index (χ4n) is 1.22. The average molecular weight is 242 g/mol. The monoisotopic (exact) mass is 242 g/mol. The van der Waals surface area contributed by atoms with E-state index in [9.17, 15) is 9.00 Å². The zero-order valence-corrected chi connectivity index (χ0v) is 9.55. The summed E-state index contributed by atoms with van der Waals surface area (Å²) in [5, 5.41) is 0. The quantitative estimate of drug-likeness (QED) is 0.739. The summed E-state index contributed by atoms with van der Waals surface area (Å²) in [6.45, 7) is 0. The van der Waals surface area contributed by atoms with Crippen LogP contribution in [-0.4, -0.2) is 26.5 Å². The van der Waals surface area contributed by atoms with Gasteiger partial charge < -0.3 is 4.74 Å². The van der Waals surface area contributed by atoms with Crippen molar-refractivity contribution in [1.82, 2.24) is 0 Å². The molecule has 80 valence electrons. The van der Waals surface area contributed by atoms with Crippen LogP contribution in [0.15, 0.2) is 30.3 Å². The highest BCUT2D eigenvalue weighted by molar-refractivity contribution is 8.14. The standard InChI is InChI=1S/C10H10O3S2/c11-9(8-4-2-1-3-5-8)13-10-14-6-7-15(10)12/h1-5,10H,6-7H2/t10-,15-/m1/s1. The van der Waals surface area contributed by atoms with E-state index in [4.69, 9.17) is 4.74 Å². The number of rotatable bonds is 2. The first-order valence-electron chi connectivity index (χ1n) is 4.52. The molecule has 0 amide bonds. The Morgan fingerprint density at radius 1 is 1.40 bits per heavy atom. The predicted molar refractivity (Wildman–Crippen MR) is 61.1 cm³/mol. The lowest BCUT2D eigenvalue weighted by Gasteiger charge is -2.09. The van der Waals surface area contributed by atoms with E-state index in [0.717, 1.165) is 5.75 Å². The van der Waals surface area contributed by atoms with Gasteiger partial charge in [0.1, 0.15) is 0 Å². The summed E-state index contributed by atoms with van der Waals surface area (Å²) >= 11 is 1.43.